The molecule has 0 bridgehead atoms. The summed E-state index contributed by atoms with van der Waals surface area (Å²) in [6, 6.07) is 3.64. The Morgan fingerprint density at radius 2 is 2.14 bits per heavy atom. The molecule has 80 valence electrons. The Morgan fingerprint density at radius 3 is 2.57 bits per heavy atom. The highest BCUT2D eigenvalue weighted by Crippen LogP contribution is 2.30. The lowest BCUT2D eigenvalue weighted by molar-refractivity contribution is 0.180. The van der Waals surface area contributed by atoms with E-state index in [1.165, 1.54) is 32.2 Å². The van der Waals surface area contributed by atoms with Crippen molar-refractivity contribution in [3.05, 3.63) is 0 Å². The van der Waals surface area contributed by atoms with Crippen molar-refractivity contribution < 1.29 is 0 Å². The molecule has 1 aliphatic rings. The number of nitriles is 1. The van der Waals surface area contributed by atoms with E-state index in [1.54, 1.807) is 0 Å². The van der Waals surface area contributed by atoms with E-state index in [0.717, 1.165) is 12.5 Å². The largest absolute Gasteiger partial charge is 0.296 e. The van der Waals surface area contributed by atoms with Crippen LogP contribution < -0.4 is 0 Å². The van der Waals surface area contributed by atoms with E-state index < -0.39 is 0 Å². The summed E-state index contributed by atoms with van der Waals surface area (Å²) >= 11 is 0. The fourth-order valence-electron chi connectivity index (χ4n) is 2.01. The van der Waals surface area contributed by atoms with Gasteiger partial charge in [0.15, 0.2) is 0 Å². The van der Waals surface area contributed by atoms with Crippen molar-refractivity contribution in [1.82, 2.24) is 4.90 Å². The van der Waals surface area contributed by atoms with Crippen molar-refractivity contribution in [2.24, 2.45) is 0 Å². The Bertz CT molecular complexity index is 191. The van der Waals surface area contributed by atoms with Gasteiger partial charge in [-0.2, -0.15) is 5.26 Å². The second-order valence-electron chi connectivity index (χ2n) is 4.25. The van der Waals surface area contributed by atoms with E-state index in [-0.39, 0.29) is 0 Å². The average Bonchev–Trinajstić information content (AvgIpc) is 3.00. The van der Waals surface area contributed by atoms with Crippen LogP contribution in [-0.4, -0.2) is 23.5 Å². The van der Waals surface area contributed by atoms with Gasteiger partial charge in [-0.3, -0.25) is 4.90 Å². The molecule has 0 aliphatic heterocycles. The molecule has 1 rings (SSSR count). The van der Waals surface area contributed by atoms with Gasteiger partial charge in [-0.1, -0.05) is 20.3 Å². The Balaban J connectivity index is 2.42. The first-order valence-corrected chi connectivity index (χ1v) is 5.96. The number of nitrogens with zero attached hydrogens (tertiary/aromatic N) is 2. The van der Waals surface area contributed by atoms with Crippen LogP contribution in [0.25, 0.3) is 0 Å². The zero-order valence-corrected chi connectivity index (χ0v) is 9.50. The average molecular weight is 194 g/mol. The lowest BCUT2D eigenvalue weighted by atomic mass is 10.1. The summed E-state index contributed by atoms with van der Waals surface area (Å²) in [5.41, 5.74) is 0. The van der Waals surface area contributed by atoms with Gasteiger partial charge in [-0.15, -0.1) is 0 Å². The molecule has 0 saturated heterocycles. The summed E-state index contributed by atoms with van der Waals surface area (Å²) < 4.78 is 0. The highest BCUT2D eigenvalue weighted by atomic mass is 15.2. The van der Waals surface area contributed by atoms with E-state index in [0.29, 0.717) is 12.5 Å². The van der Waals surface area contributed by atoms with Crippen LogP contribution in [0.4, 0.5) is 0 Å². The van der Waals surface area contributed by atoms with Crippen LogP contribution >= 0.6 is 0 Å². The molecule has 14 heavy (non-hydrogen) atoms. The van der Waals surface area contributed by atoms with Gasteiger partial charge >= 0.3 is 0 Å². The second kappa shape index (κ2) is 6.03. The van der Waals surface area contributed by atoms with Crippen molar-refractivity contribution in [2.45, 2.75) is 64.5 Å². The number of unbranched alkanes of at least 4 members (excludes halogenated alkanes) is 1. The van der Waals surface area contributed by atoms with Gasteiger partial charge in [-0.05, 0) is 32.2 Å². The zero-order chi connectivity index (χ0) is 10.4. The minimum Gasteiger partial charge on any atom is -0.296 e. The molecular formula is C12H22N2. The summed E-state index contributed by atoms with van der Waals surface area (Å²) in [6.07, 6.45) is 7.06. The van der Waals surface area contributed by atoms with Crippen molar-refractivity contribution >= 4 is 0 Å². The fourth-order valence-corrected chi connectivity index (χ4v) is 2.01. The van der Waals surface area contributed by atoms with Crippen molar-refractivity contribution in [2.75, 3.05) is 6.54 Å². The van der Waals surface area contributed by atoms with Crippen molar-refractivity contribution in [1.29, 1.82) is 5.26 Å². The highest BCUT2D eigenvalue weighted by molar-refractivity contribution is 4.91. The minimum absolute atomic E-state index is 0.513. The topological polar surface area (TPSA) is 27.0 Å². The maximum Gasteiger partial charge on any atom is 0.0638 e. The quantitative estimate of drug-likeness (QED) is 0.623. The van der Waals surface area contributed by atoms with Gasteiger partial charge in [0.05, 0.1) is 12.5 Å². The smallest absolute Gasteiger partial charge is 0.0638 e. The summed E-state index contributed by atoms with van der Waals surface area (Å²) in [6.45, 7) is 5.63. The second-order valence-corrected chi connectivity index (χ2v) is 4.25. The molecular weight excluding hydrogens is 172 g/mol. The lowest BCUT2D eigenvalue weighted by Crippen LogP contribution is -2.37. The molecule has 0 aromatic rings. The third kappa shape index (κ3) is 3.31. The van der Waals surface area contributed by atoms with Crippen LogP contribution in [0.3, 0.4) is 0 Å². The maximum absolute atomic E-state index is 8.77. The molecule has 1 fully saturated rings. The third-order valence-electron chi connectivity index (χ3n) is 3.05. The first-order valence-electron chi connectivity index (χ1n) is 5.96. The molecule has 0 radical (unpaired) electrons. The molecule has 0 aromatic heterocycles. The molecule has 0 heterocycles. The molecule has 2 heteroatoms. The molecule has 1 atom stereocenters. The van der Waals surface area contributed by atoms with E-state index in [4.69, 9.17) is 5.26 Å². The molecule has 0 amide bonds. The van der Waals surface area contributed by atoms with Gasteiger partial charge in [0.25, 0.3) is 0 Å². The first-order chi connectivity index (χ1) is 6.83. The van der Waals surface area contributed by atoms with E-state index in [2.05, 4.69) is 24.8 Å². The molecule has 0 N–H and O–H groups in total. The summed E-state index contributed by atoms with van der Waals surface area (Å²) in [7, 11) is 0. The van der Waals surface area contributed by atoms with Crippen LogP contribution in [0, 0.1) is 11.3 Å². The Morgan fingerprint density at radius 1 is 1.43 bits per heavy atom. The van der Waals surface area contributed by atoms with Crippen LogP contribution in [0.5, 0.6) is 0 Å². The number of hydrogen-bond acceptors (Lipinski definition) is 2. The number of hydrogen-bond donors (Lipinski definition) is 0. The highest BCUT2D eigenvalue weighted by Gasteiger charge is 2.32. The summed E-state index contributed by atoms with van der Waals surface area (Å²) in [5.74, 6) is 0. The molecule has 0 spiro atoms. The Labute approximate surface area is 87.9 Å². The van der Waals surface area contributed by atoms with E-state index >= 15 is 0 Å². The van der Waals surface area contributed by atoms with Gasteiger partial charge in [0.2, 0.25) is 0 Å². The summed E-state index contributed by atoms with van der Waals surface area (Å²) in [4.78, 5) is 2.58. The Kier molecular flexibility index (Phi) is 4.97. The fraction of sp³-hybridized carbons (Fsp3) is 0.917. The SMILES string of the molecule is CCCCN(C(CC)CC#N)C1CC1. The third-order valence-corrected chi connectivity index (χ3v) is 3.05. The van der Waals surface area contributed by atoms with Crippen molar-refractivity contribution in [3.8, 4) is 6.07 Å². The van der Waals surface area contributed by atoms with Crippen LogP contribution in [0.15, 0.2) is 0 Å². The van der Waals surface area contributed by atoms with Crippen LogP contribution in [-0.2, 0) is 0 Å². The Hall–Kier alpha value is -0.550. The molecule has 1 saturated carbocycles. The predicted molar refractivity (Wildman–Crippen MR) is 58.9 cm³/mol. The zero-order valence-electron chi connectivity index (χ0n) is 9.50. The van der Waals surface area contributed by atoms with E-state index in [1.807, 2.05) is 0 Å². The molecule has 1 unspecified atom stereocenters. The van der Waals surface area contributed by atoms with Crippen molar-refractivity contribution in [3.63, 3.8) is 0 Å². The van der Waals surface area contributed by atoms with E-state index in [9.17, 15) is 0 Å². The van der Waals surface area contributed by atoms with Gasteiger partial charge in [0.1, 0.15) is 0 Å². The van der Waals surface area contributed by atoms with Crippen LogP contribution in [0.2, 0.25) is 0 Å². The normalized spacial score (nSPS) is 18.1. The standard InChI is InChI=1S/C12H22N2/c1-3-5-10-14(12-6-7-12)11(4-2)8-9-13/h11-12H,3-8,10H2,1-2H3. The number of rotatable bonds is 7. The predicted octanol–water partition coefficient (Wildman–Crippen LogP) is 2.94. The molecule has 1 aliphatic carbocycles. The molecule has 0 aromatic carbocycles. The van der Waals surface area contributed by atoms with Gasteiger partial charge in [-0.25, -0.2) is 0 Å². The molecule has 2 nitrogen and oxygen atoms in total. The summed E-state index contributed by atoms with van der Waals surface area (Å²) in [5, 5.41) is 8.77. The van der Waals surface area contributed by atoms with Crippen LogP contribution in [0.1, 0.15) is 52.4 Å². The first kappa shape index (κ1) is 11.5. The van der Waals surface area contributed by atoms with Gasteiger partial charge in [0, 0.05) is 12.1 Å². The van der Waals surface area contributed by atoms with Gasteiger partial charge < -0.3 is 0 Å². The minimum atomic E-state index is 0.513. The monoisotopic (exact) mass is 194 g/mol. The maximum atomic E-state index is 8.77. The lowest BCUT2D eigenvalue weighted by Gasteiger charge is -2.29.